The summed E-state index contributed by atoms with van der Waals surface area (Å²) in [7, 11) is 0. The molecule has 0 spiro atoms. The van der Waals surface area contributed by atoms with Gasteiger partial charge in [0.25, 0.3) is 0 Å². The second kappa shape index (κ2) is 68.6. The van der Waals surface area contributed by atoms with Crippen LogP contribution >= 0.6 is 0 Å². The summed E-state index contributed by atoms with van der Waals surface area (Å²) in [5, 5.41) is 23.3. The molecule has 2 atom stereocenters. The number of allylic oxidation sites excluding steroid dienone is 5. The summed E-state index contributed by atoms with van der Waals surface area (Å²) >= 11 is 0. The Morgan fingerprint density at radius 1 is 0.354 bits per heavy atom. The van der Waals surface area contributed by atoms with E-state index in [0.29, 0.717) is 19.4 Å². The number of esters is 1. The number of carbonyl (C=O) groups excluding carboxylic acids is 2. The number of amides is 1. The zero-order valence-corrected chi connectivity index (χ0v) is 53.4. The molecule has 0 aliphatic heterocycles. The van der Waals surface area contributed by atoms with Gasteiger partial charge in [0.2, 0.25) is 5.91 Å². The third-order valence-electron chi connectivity index (χ3n) is 16.7. The van der Waals surface area contributed by atoms with Gasteiger partial charge in [-0.15, -0.1) is 0 Å². The zero-order chi connectivity index (χ0) is 57.1. The first kappa shape index (κ1) is 77.1. The molecule has 6 heteroatoms. The summed E-state index contributed by atoms with van der Waals surface area (Å²) in [5.41, 5.74) is 0. The molecule has 0 saturated heterocycles. The standard InChI is InChI=1S/C73H139NO5/c1-3-5-7-9-11-13-15-17-19-21-23-24-25-27-30-33-37-41-45-49-53-57-61-65-71(76)70(69-75)74-72(77)66-62-58-54-50-46-42-38-34-31-28-26-29-32-36-40-44-48-52-56-60-64-68-79-73(78)67-63-59-55-51-47-43-39-35-22-20-18-16-14-12-10-8-6-4-2/h14,16,20,22,61,65,70-71,75-76H,3-13,15,17-19,21,23-60,62-64,66-69H2,1-2H3,(H,74,77)/b16-14-,22-20-,65-61+. The van der Waals surface area contributed by atoms with Crippen molar-refractivity contribution in [3.05, 3.63) is 36.5 Å². The van der Waals surface area contributed by atoms with Crippen LogP contribution in [0.1, 0.15) is 393 Å². The third-order valence-corrected chi connectivity index (χ3v) is 16.7. The van der Waals surface area contributed by atoms with E-state index in [0.717, 1.165) is 51.4 Å². The molecule has 466 valence electrons. The SMILES string of the molecule is CCCCCC/C=C\C/C=C\CCCCCCCCCC(=O)OCCCCCCCCCCCCCCCCCCCCCCCC(=O)NC(CO)C(O)/C=C/CCCCCCCCCCCCCCCCCCCCCCC. The number of hydrogen-bond donors (Lipinski definition) is 3. The van der Waals surface area contributed by atoms with Gasteiger partial charge in [-0.3, -0.25) is 9.59 Å². The van der Waals surface area contributed by atoms with Crippen LogP contribution in [0, 0.1) is 0 Å². The van der Waals surface area contributed by atoms with Crippen molar-refractivity contribution in [1.29, 1.82) is 0 Å². The van der Waals surface area contributed by atoms with E-state index in [1.165, 1.54) is 315 Å². The van der Waals surface area contributed by atoms with Crippen molar-refractivity contribution < 1.29 is 24.5 Å². The van der Waals surface area contributed by atoms with Gasteiger partial charge >= 0.3 is 5.97 Å². The normalized spacial score (nSPS) is 12.7. The van der Waals surface area contributed by atoms with Crippen molar-refractivity contribution in [2.75, 3.05) is 13.2 Å². The number of nitrogens with one attached hydrogen (secondary N) is 1. The highest BCUT2D eigenvalue weighted by atomic mass is 16.5. The van der Waals surface area contributed by atoms with Gasteiger partial charge in [-0.25, -0.2) is 0 Å². The first-order valence-electron chi connectivity index (χ1n) is 35.8. The highest BCUT2D eigenvalue weighted by Crippen LogP contribution is 2.19. The number of aliphatic hydroxyl groups is 2. The van der Waals surface area contributed by atoms with Crippen LogP contribution in [-0.4, -0.2) is 47.4 Å². The largest absolute Gasteiger partial charge is 0.466 e. The van der Waals surface area contributed by atoms with Crippen molar-refractivity contribution in [2.24, 2.45) is 0 Å². The van der Waals surface area contributed by atoms with Crippen molar-refractivity contribution >= 4 is 11.9 Å². The molecule has 3 N–H and O–H groups in total. The van der Waals surface area contributed by atoms with E-state index in [1.54, 1.807) is 6.08 Å². The van der Waals surface area contributed by atoms with Crippen molar-refractivity contribution in [3.8, 4) is 0 Å². The molecule has 0 bridgehead atoms. The van der Waals surface area contributed by atoms with Crippen LogP contribution in [-0.2, 0) is 14.3 Å². The Hall–Kier alpha value is -1.92. The molecule has 0 aromatic heterocycles. The van der Waals surface area contributed by atoms with Gasteiger partial charge in [0.05, 0.1) is 25.4 Å². The fourth-order valence-corrected chi connectivity index (χ4v) is 11.2. The van der Waals surface area contributed by atoms with E-state index in [-0.39, 0.29) is 18.5 Å². The average molecular weight is 1110 g/mol. The first-order chi connectivity index (χ1) is 39.0. The molecule has 2 unspecified atom stereocenters. The van der Waals surface area contributed by atoms with Crippen molar-refractivity contribution in [3.63, 3.8) is 0 Å². The third kappa shape index (κ3) is 65.1. The molecule has 79 heavy (non-hydrogen) atoms. The molecular formula is C73H139NO5. The molecule has 0 aromatic carbocycles. The minimum atomic E-state index is -0.847. The molecule has 0 heterocycles. The predicted molar refractivity (Wildman–Crippen MR) is 347 cm³/mol. The molecule has 0 rings (SSSR count). The van der Waals surface area contributed by atoms with Gasteiger partial charge in [-0.05, 0) is 64.2 Å². The van der Waals surface area contributed by atoms with E-state index in [4.69, 9.17) is 4.74 Å². The lowest BCUT2D eigenvalue weighted by atomic mass is 10.0. The number of rotatable bonds is 67. The topological polar surface area (TPSA) is 95.9 Å². The molecule has 0 aromatic rings. The second-order valence-corrected chi connectivity index (χ2v) is 24.6. The Morgan fingerprint density at radius 2 is 0.633 bits per heavy atom. The fourth-order valence-electron chi connectivity index (χ4n) is 11.2. The van der Waals surface area contributed by atoms with Crippen molar-refractivity contribution in [1.82, 2.24) is 5.32 Å². The average Bonchev–Trinajstić information content (AvgIpc) is 3.45. The summed E-state index contributed by atoms with van der Waals surface area (Å²) in [6, 6.07) is -0.631. The Kier molecular flexibility index (Phi) is 66.9. The van der Waals surface area contributed by atoms with E-state index < -0.39 is 12.1 Å². The maximum absolute atomic E-state index is 12.5. The smallest absolute Gasteiger partial charge is 0.305 e. The Morgan fingerprint density at radius 3 is 0.975 bits per heavy atom. The summed E-state index contributed by atoms with van der Waals surface area (Å²) in [6.45, 7) is 4.92. The van der Waals surface area contributed by atoms with Gasteiger partial charge < -0.3 is 20.3 Å². The predicted octanol–water partition coefficient (Wildman–Crippen LogP) is 23.1. The molecule has 0 aliphatic rings. The van der Waals surface area contributed by atoms with E-state index in [1.807, 2.05) is 6.08 Å². The van der Waals surface area contributed by atoms with Crippen LogP contribution in [0.3, 0.4) is 0 Å². The van der Waals surface area contributed by atoms with E-state index in [2.05, 4.69) is 43.5 Å². The second-order valence-electron chi connectivity index (χ2n) is 24.6. The van der Waals surface area contributed by atoms with Gasteiger partial charge in [-0.2, -0.15) is 0 Å². The monoisotopic (exact) mass is 1110 g/mol. The number of carbonyl (C=O) groups is 2. The Labute approximate surface area is 494 Å². The maximum Gasteiger partial charge on any atom is 0.305 e. The molecular weight excluding hydrogens is 971 g/mol. The van der Waals surface area contributed by atoms with Crippen LogP contribution in [0.25, 0.3) is 0 Å². The molecule has 6 nitrogen and oxygen atoms in total. The van der Waals surface area contributed by atoms with Gasteiger partial charge in [0.1, 0.15) is 0 Å². The lowest BCUT2D eigenvalue weighted by Crippen LogP contribution is -2.45. The summed E-state index contributed by atoms with van der Waals surface area (Å²) in [4.78, 5) is 24.6. The molecule has 0 fully saturated rings. The summed E-state index contributed by atoms with van der Waals surface area (Å²) in [6.07, 6.45) is 87.9. The Bertz CT molecular complexity index is 1280. The highest BCUT2D eigenvalue weighted by molar-refractivity contribution is 5.76. The maximum atomic E-state index is 12.5. The lowest BCUT2D eigenvalue weighted by Gasteiger charge is -2.20. The molecule has 1 amide bonds. The first-order valence-corrected chi connectivity index (χ1v) is 35.8. The van der Waals surface area contributed by atoms with Crippen LogP contribution in [0.2, 0.25) is 0 Å². The summed E-state index contributed by atoms with van der Waals surface area (Å²) in [5.74, 6) is -0.0603. The van der Waals surface area contributed by atoms with Gasteiger partial charge in [0.15, 0.2) is 0 Å². The minimum Gasteiger partial charge on any atom is -0.466 e. The molecule has 0 saturated carbocycles. The van der Waals surface area contributed by atoms with Crippen molar-refractivity contribution in [2.45, 2.75) is 405 Å². The van der Waals surface area contributed by atoms with Gasteiger partial charge in [-0.1, -0.05) is 352 Å². The van der Waals surface area contributed by atoms with Crippen LogP contribution in [0.4, 0.5) is 0 Å². The summed E-state index contributed by atoms with van der Waals surface area (Å²) < 4.78 is 5.50. The van der Waals surface area contributed by atoms with Crippen LogP contribution in [0.15, 0.2) is 36.5 Å². The zero-order valence-electron chi connectivity index (χ0n) is 53.4. The van der Waals surface area contributed by atoms with Crippen LogP contribution < -0.4 is 5.32 Å². The quantitative estimate of drug-likeness (QED) is 0.0320. The fraction of sp³-hybridized carbons (Fsp3) is 0.890. The molecule has 0 aliphatic carbocycles. The van der Waals surface area contributed by atoms with Crippen LogP contribution in [0.5, 0.6) is 0 Å². The van der Waals surface area contributed by atoms with E-state index >= 15 is 0 Å². The molecule has 0 radical (unpaired) electrons. The highest BCUT2D eigenvalue weighted by Gasteiger charge is 2.18. The number of unbranched alkanes of at least 4 members (excludes halogenated alkanes) is 52. The van der Waals surface area contributed by atoms with E-state index in [9.17, 15) is 19.8 Å². The Balaban J connectivity index is 3.41. The van der Waals surface area contributed by atoms with Gasteiger partial charge in [0, 0.05) is 12.8 Å². The number of ether oxygens (including phenoxy) is 1. The number of hydrogen-bond acceptors (Lipinski definition) is 5. The lowest BCUT2D eigenvalue weighted by molar-refractivity contribution is -0.143. The number of aliphatic hydroxyl groups excluding tert-OH is 2. The minimum absolute atomic E-state index is 0.00479.